The lowest BCUT2D eigenvalue weighted by Gasteiger charge is -2.28. The van der Waals surface area contributed by atoms with E-state index in [4.69, 9.17) is 9.47 Å². The van der Waals surface area contributed by atoms with Gasteiger partial charge in [-0.05, 0) is 26.0 Å². The average Bonchev–Trinajstić information content (AvgIpc) is 3.09. The van der Waals surface area contributed by atoms with E-state index in [0.717, 1.165) is 0 Å². The van der Waals surface area contributed by atoms with Gasteiger partial charge in [0, 0.05) is 4.90 Å². The van der Waals surface area contributed by atoms with Crippen molar-refractivity contribution in [3.8, 4) is 0 Å². The van der Waals surface area contributed by atoms with E-state index in [1.165, 1.54) is 10.5 Å². The number of benzene rings is 1. The fourth-order valence-corrected chi connectivity index (χ4v) is 3.26. The highest BCUT2D eigenvalue weighted by Crippen LogP contribution is 2.43. The van der Waals surface area contributed by atoms with Crippen molar-refractivity contribution in [2.24, 2.45) is 0 Å². The first-order valence-electron chi connectivity index (χ1n) is 5.87. The fourth-order valence-electron chi connectivity index (χ4n) is 2.11. The molecule has 1 aromatic carbocycles. The molecule has 0 aromatic heterocycles. The first-order valence-corrected chi connectivity index (χ1v) is 6.75. The molecule has 3 rings (SSSR count). The number of hydrogen-bond donors (Lipinski definition) is 1. The standard InChI is InChI=1S/C13H16O3S/c1-7-3-5-9(6-4-7)17-13-12-11(16-12)10(14)8(2)15-13/h3-6,8,10-14H,1-2H3/t8-,10+,11-,12-,13+/m0/s1. The normalized spacial score (nSPS) is 39.8. The first-order chi connectivity index (χ1) is 8.15. The Morgan fingerprint density at radius 3 is 2.53 bits per heavy atom. The van der Waals surface area contributed by atoms with Crippen LogP contribution in [0.2, 0.25) is 0 Å². The summed E-state index contributed by atoms with van der Waals surface area (Å²) >= 11 is 1.67. The van der Waals surface area contributed by atoms with Crippen molar-refractivity contribution < 1.29 is 14.6 Å². The van der Waals surface area contributed by atoms with Crippen LogP contribution in [-0.4, -0.2) is 35.0 Å². The van der Waals surface area contributed by atoms with E-state index in [1.54, 1.807) is 11.8 Å². The maximum atomic E-state index is 9.75. The second-order valence-corrected chi connectivity index (χ2v) is 5.87. The van der Waals surface area contributed by atoms with Gasteiger partial charge in [-0.2, -0.15) is 0 Å². The fraction of sp³-hybridized carbons (Fsp3) is 0.538. The Bertz CT molecular complexity index is 404. The van der Waals surface area contributed by atoms with Gasteiger partial charge in [0.1, 0.15) is 23.7 Å². The molecule has 0 bridgehead atoms. The van der Waals surface area contributed by atoms with Crippen molar-refractivity contribution in [3.63, 3.8) is 0 Å². The Morgan fingerprint density at radius 2 is 1.82 bits per heavy atom. The van der Waals surface area contributed by atoms with Crippen LogP contribution in [0.1, 0.15) is 12.5 Å². The molecule has 4 heteroatoms. The highest BCUT2D eigenvalue weighted by atomic mass is 32.2. The molecule has 0 unspecified atom stereocenters. The SMILES string of the molecule is Cc1ccc(S[C@H]2O[C@@H](C)[C@@H](O)[C@@H]3O[C@@H]32)cc1. The summed E-state index contributed by atoms with van der Waals surface area (Å²) < 4.78 is 11.2. The van der Waals surface area contributed by atoms with Gasteiger partial charge in [-0.25, -0.2) is 0 Å². The van der Waals surface area contributed by atoms with E-state index < -0.39 is 6.10 Å². The summed E-state index contributed by atoms with van der Waals surface area (Å²) in [4.78, 5) is 1.18. The molecule has 2 fully saturated rings. The lowest BCUT2D eigenvalue weighted by atomic mass is 10.1. The minimum Gasteiger partial charge on any atom is -0.388 e. The summed E-state index contributed by atoms with van der Waals surface area (Å²) in [5, 5.41) is 9.75. The number of aliphatic hydroxyl groups is 1. The highest BCUT2D eigenvalue weighted by Gasteiger charge is 2.56. The first kappa shape index (κ1) is 11.5. The zero-order chi connectivity index (χ0) is 12.0. The molecule has 0 saturated carbocycles. The summed E-state index contributed by atoms with van der Waals surface area (Å²) in [5.74, 6) is 0. The quantitative estimate of drug-likeness (QED) is 0.817. The molecular weight excluding hydrogens is 236 g/mol. The number of thioether (sulfide) groups is 1. The van der Waals surface area contributed by atoms with Crippen LogP contribution in [-0.2, 0) is 9.47 Å². The summed E-state index contributed by atoms with van der Waals surface area (Å²) in [6.45, 7) is 3.97. The predicted molar refractivity (Wildman–Crippen MR) is 66.0 cm³/mol. The summed E-state index contributed by atoms with van der Waals surface area (Å²) in [7, 11) is 0. The lowest BCUT2D eigenvalue weighted by Crippen LogP contribution is -2.42. The third kappa shape index (κ3) is 2.22. The molecule has 2 saturated heterocycles. The molecule has 2 heterocycles. The number of ether oxygens (including phenoxy) is 2. The van der Waals surface area contributed by atoms with E-state index in [1.807, 2.05) is 6.92 Å². The Hall–Kier alpha value is -0.550. The minimum absolute atomic E-state index is 0.00102. The number of aliphatic hydroxyl groups excluding tert-OH is 1. The maximum absolute atomic E-state index is 9.75. The molecule has 0 aliphatic carbocycles. The Labute approximate surface area is 105 Å². The van der Waals surface area contributed by atoms with Crippen molar-refractivity contribution in [2.75, 3.05) is 0 Å². The molecule has 1 aromatic rings. The van der Waals surface area contributed by atoms with Gasteiger partial charge in [0.2, 0.25) is 0 Å². The van der Waals surface area contributed by atoms with E-state index >= 15 is 0 Å². The molecule has 92 valence electrons. The van der Waals surface area contributed by atoms with Gasteiger partial charge in [-0.15, -0.1) is 0 Å². The number of fused-ring (bicyclic) bond motifs is 1. The molecule has 1 N–H and O–H groups in total. The smallest absolute Gasteiger partial charge is 0.136 e. The van der Waals surface area contributed by atoms with Crippen LogP contribution < -0.4 is 0 Å². The van der Waals surface area contributed by atoms with Gasteiger partial charge in [0.05, 0.1) is 6.10 Å². The van der Waals surface area contributed by atoms with E-state index in [0.29, 0.717) is 0 Å². The molecule has 2 aliphatic rings. The van der Waals surface area contributed by atoms with Crippen LogP contribution in [0.5, 0.6) is 0 Å². The predicted octanol–water partition coefficient (Wildman–Crippen LogP) is 1.96. The Kier molecular flexibility index (Phi) is 2.91. The molecule has 2 aliphatic heterocycles. The Balaban J connectivity index is 1.68. The van der Waals surface area contributed by atoms with Crippen LogP contribution in [0.15, 0.2) is 29.2 Å². The molecule has 0 spiro atoms. The molecule has 0 amide bonds. The average molecular weight is 252 g/mol. The van der Waals surface area contributed by atoms with E-state index in [9.17, 15) is 5.11 Å². The largest absolute Gasteiger partial charge is 0.388 e. The Morgan fingerprint density at radius 1 is 1.12 bits per heavy atom. The van der Waals surface area contributed by atoms with Gasteiger partial charge in [-0.1, -0.05) is 29.5 Å². The molecule has 17 heavy (non-hydrogen) atoms. The van der Waals surface area contributed by atoms with Crippen LogP contribution in [0.25, 0.3) is 0 Å². The van der Waals surface area contributed by atoms with Gasteiger partial charge in [0.25, 0.3) is 0 Å². The van der Waals surface area contributed by atoms with Crippen LogP contribution in [0, 0.1) is 6.92 Å². The zero-order valence-corrected chi connectivity index (χ0v) is 10.7. The number of hydrogen-bond acceptors (Lipinski definition) is 4. The lowest BCUT2D eigenvalue weighted by molar-refractivity contribution is -0.0598. The second kappa shape index (κ2) is 4.28. The highest BCUT2D eigenvalue weighted by molar-refractivity contribution is 7.99. The third-order valence-electron chi connectivity index (χ3n) is 3.27. The third-order valence-corrected chi connectivity index (χ3v) is 4.43. The van der Waals surface area contributed by atoms with Crippen molar-refractivity contribution in [2.45, 2.75) is 48.6 Å². The molecule has 0 radical (unpaired) electrons. The molecule has 3 nitrogen and oxygen atoms in total. The van der Waals surface area contributed by atoms with Gasteiger partial charge in [-0.3, -0.25) is 0 Å². The van der Waals surface area contributed by atoms with Crippen LogP contribution in [0.3, 0.4) is 0 Å². The zero-order valence-electron chi connectivity index (χ0n) is 9.87. The second-order valence-electron chi connectivity index (χ2n) is 4.70. The molecular formula is C13H16O3S. The van der Waals surface area contributed by atoms with Crippen LogP contribution >= 0.6 is 11.8 Å². The van der Waals surface area contributed by atoms with Gasteiger partial charge < -0.3 is 14.6 Å². The topological polar surface area (TPSA) is 42.0 Å². The summed E-state index contributed by atoms with van der Waals surface area (Å²) in [6, 6.07) is 8.37. The number of aryl methyl sites for hydroxylation is 1. The summed E-state index contributed by atoms with van der Waals surface area (Å²) in [6.07, 6.45) is -0.606. The van der Waals surface area contributed by atoms with Crippen molar-refractivity contribution in [3.05, 3.63) is 29.8 Å². The molecule has 5 atom stereocenters. The minimum atomic E-state index is -0.477. The van der Waals surface area contributed by atoms with Crippen molar-refractivity contribution in [1.29, 1.82) is 0 Å². The van der Waals surface area contributed by atoms with Crippen molar-refractivity contribution >= 4 is 11.8 Å². The van der Waals surface area contributed by atoms with Crippen molar-refractivity contribution in [1.82, 2.24) is 0 Å². The maximum Gasteiger partial charge on any atom is 0.136 e. The monoisotopic (exact) mass is 252 g/mol. The van der Waals surface area contributed by atoms with E-state index in [-0.39, 0.29) is 23.7 Å². The summed E-state index contributed by atoms with van der Waals surface area (Å²) in [5.41, 5.74) is 1.25. The van der Waals surface area contributed by atoms with Gasteiger partial charge >= 0.3 is 0 Å². The van der Waals surface area contributed by atoms with Crippen LogP contribution in [0.4, 0.5) is 0 Å². The number of rotatable bonds is 2. The van der Waals surface area contributed by atoms with E-state index in [2.05, 4.69) is 31.2 Å². The van der Waals surface area contributed by atoms with Gasteiger partial charge in [0.15, 0.2) is 0 Å². The number of epoxide rings is 1.